The number of ether oxygens (including phenoxy) is 1. The van der Waals surface area contributed by atoms with Crippen molar-refractivity contribution in [2.45, 2.75) is 24.8 Å². The molecule has 5 nitrogen and oxygen atoms in total. The maximum Gasteiger partial charge on any atom is 0.331 e. The number of halogens is 1. The smallest absolute Gasteiger partial charge is 0.331 e. The van der Waals surface area contributed by atoms with Crippen LogP contribution in [0.1, 0.15) is 29.6 Å². The highest BCUT2D eigenvalue weighted by molar-refractivity contribution is 6.33. The van der Waals surface area contributed by atoms with E-state index in [0.717, 1.165) is 6.42 Å². The molecule has 19 heavy (non-hydrogen) atoms. The summed E-state index contributed by atoms with van der Waals surface area (Å²) >= 11 is 5.80. The second-order valence-corrected chi connectivity index (χ2v) is 5.02. The number of esters is 1. The van der Waals surface area contributed by atoms with Crippen LogP contribution in [-0.4, -0.2) is 24.5 Å². The predicted molar refractivity (Wildman–Crippen MR) is 71.9 cm³/mol. The molecule has 1 aromatic carbocycles. The van der Waals surface area contributed by atoms with E-state index < -0.39 is 11.5 Å². The molecule has 3 N–H and O–H groups in total. The Hall–Kier alpha value is -1.75. The molecule has 1 aromatic rings. The molecular formula is C13H15ClN2O3. The number of carbonyl (C=O) groups excluding carboxylic acids is 2. The van der Waals surface area contributed by atoms with Crippen molar-refractivity contribution >= 4 is 29.2 Å². The molecule has 0 aromatic heterocycles. The van der Waals surface area contributed by atoms with Crippen LogP contribution in [0.15, 0.2) is 18.2 Å². The van der Waals surface area contributed by atoms with Gasteiger partial charge in [-0.1, -0.05) is 11.6 Å². The molecule has 1 amide bonds. The number of nitrogen functional groups attached to an aromatic ring is 1. The van der Waals surface area contributed by atoms with E-state index in [4.69, 9.17) is 22.1 Å². The van der Waals surface area contributed by atoms with E-state index in [1.54, 1.807) is 12.1 Å². The van der Waals surface area contributed by atoms with Gasteiger partial charge in [0.15, 0.2) is 0 Å². The number of amides is 1. The van der Waals surface area contributed by atoms with Gasteiger partial charge in [0.1, 0.15) is 5.54 Å². The zero-order valence-electron chi connectivity index (χ0n) is 10.5. The number of hydrogen-bond acceptors (Lipinski definition) is 4. The molecule has 0 saturated heterocycles. The third kappa shape index (κ3) is 2.51. The average molecular weight is 283 g/mol. The monoisotopic (exact) mass is 282 g/mol. The first-order valence-electron chi connectivity index (χ1n) is 5.94. The third-order valence-electron chi connectivity index (χ3n) is 3.39. The number of methoxy groups -OCH3 is 1. The largest absolute Gasteiger partial charge is 0.467 e. The lowest BCUT2D eigenvalue weighted by Gasteiger charge is -2.39. The van der Waals surface area contributed by atoms with Crippen LogP contribution in [-0.2, 0) is 9.53 Å². The Morgan fingerprint density at radius 2 is 2.11 bits per heavy atom. The van der Waals surface area contributed by atoms with Crippen molar-refractivity contribution < 1.29 is 14.3 Å². The quantitative estimate of drug-likeness (QED) is 0.654. The van der Waals surface area contributed by atoms with Crippen LogP contribution in [0.3, 0.4) is 0 Å². The summed E-state index contributed by atoms with van der Waals surface area (Å²) in [5.74, 6) is -0.762. The van der Waals surface area contributed by atoms with Gasteiger partial charge < -0.3 is 15.8 Å². The number of hydrogen-bond donors (Lipinski definition) is 2. The van der Waals surface area contributed by atoms with Gasteiger partial charge in [-0.25, -0.2) is 4.79 Å². The fourth-order valence-electron chi connectivity index (χ4n) is 2.08. The van der Waals surface area contributed by atoms with Crippen LogP contribution >= 0.6 is 11.6 Å². The highest BCUT2D eigenvalue weighted by atomic mass is 35.5. The van der Waals surface area contributed by atoms with E-state index in [2.05, 4.69) is 5.32 Å². The molecular weight excluding hydrogens is 268 g/mol. The Labute approximate surface area is 116 Å². The van der Waals surface area contributed by atoms with Crippen LogP contribution in [0, 0.1) is 0 Å². The summed E-state index contributed by atoms with van der Waals surface area (Å²) in [6.45, 7) is 0. The molecule has 1 aliphatic carbocycles. The van der Waals surface area contributed by atoms with Crippen LogP contribution in [0.5, 0.6) is 0 Å². The molecule has 0 bridgehead atoms. The molecule has 0 spiro atoms. The van der Waals surface area contributed by atoms with Crippen molar-refractivity contribution in [2.24, 2.45) is 0 Å². The highest BCUT2D eigenvalue weighted by Gasteiger charge is 2.46. The van der Waals surface area contributed by atoms with E-state index in [-0.39, 0.29) is 5.91 Å². The summed E-state index contributed by atoms with van der Waals surface area (Å²) in [5, 5.41) is 3.12. The van der Waals surface area contributed by atoms with E-state index in [1.807, 2.05) is 0 Å². The lowest BCUT2D eigenvalue weighted by atomic mass is 9.76. The number of carbonyl (C=O) groups is 2. The van der Waals surface area contributed by atoms with Gasteiger partial charge in [0.05, 0.1) is 17.8 Å². The van der Waals surface area contributed by atoms with E-state index in [1.165, 1.54) is 13.2 Å². The second kappa shape index (κ2) is 5.09. The topological polar surface area (TPSA) is 81.4 Å². The number of rotatable bonds is 3. The van der Waals surface area contributed by atoms with Crippen LogP contribution in [0.25, 0.3) is 0 Å². The van der Waals surface area contributed by atoms with Gasteiger partial charge in [-0.2, -0.15) is 0 Å². The molecule has 0 radical (unpaired) electrons. The Bertz CT molecular complexity index is 527. The maximum absolute atomic E-state index is 12.1. The normalized spacial score (nSPS) is 16.3. The van der Waals surface area contributed by atoms with E-state index >= 15 is 0 Å². The first-order valence-corrected chi connectivity index (χ1v) is 6.32. The highest BCUT2D eigenvalue weighted by Crippen LogP contribution is 2.33. The van der Waals surface area contributed by atoms with Gasteiger partial charge in [0.25, 0.3) is 5.91 Å². The summed E-state index contributed by atoms with van der Waals surface area (Å²) in [4.78, 5) is 23.8. The van der Waals surface area contributed by atoms with Crippen LogP contribution < -0.4 is 11.1 Å². The van der Waals surface area contributed by atoms with Gasteiger partial charge >= 0.3 is 5.97 Å². The Morgan fingerprint density at radius 1 is 1.42 bits per heavy atom. The van der Waals surface area contributed by atoms with Gasteiger partial charge in [0, 0.05) is 5.56 Å². The van der Waals surface area contributed by atoms with Crippen molar-refractivity contribution in [3.8, 4) is 0 Å². The minimum atomic E-state index is -0.889. The minimum absolute atomic E-state index is 0.329. The summed E-state index contributed by atoms with van der Waals surface area (Å²) in [6, 6.07) is 4.61. The SMILES string of the molecule is COC(=O)C1(NC(=O)c2ccc(Cl)c(N)c2)CCC1. The fourth-order valence-corrected chi connectivity index (χ4v) is 2.20. The molecule has 1 saturated carbocycles. The third-order valence-corrected chi connectivity index (χ3v) is 3.74. The van der Waals surface area contributed by atoms with Crippen molar-refractivity contribution in [3.05, 3.63) is 28.8 Å². The van der Waals surface area contributed by atoms with Crippen molar-refractivity contribution in [1.82, 2.24) is 5.32 Å². The number of nitrogens with two attached hydrogens (primary N) is 1. The molecule has 102 valence electrons. The molecule has 1 fully saturated rings. The number of benzene rings is 1. The zero-order chi connectivity index (χ0) is 14.0. The van der Waals surface area contributed by atoms with Crippen molar-refractivity contribution in [2.75, 3.05) is 12.8 Å². The van der Waals surface area contributed by atoms with Crippen LogP contribution in [0.4, 0.5) is 5.69 Å². The predicted octanol–water partition coefficient (Wildman–Crippen LogP) is 1.75. The number of anilines is 1. The molecule has 1 aliphatic rings. The first kappa shape index (κ1) is 13.7. The lowest BCUT2D eigenvalue weighted by molar-refractivity contribution is -0.152. The summed E-state index contributed by atoms with van der Waals surface area (Å²) in [7, 11) is 1.31. The van der Waals surface area contributed by atoms with E-state index in [9.17, 15) is 9.59 Å². The Kier molecular flexibility index (Phi) is 3.66. The standard InChI is InChI=1S/C13H15ClN2O3/c1-19-12(18)13(5-2-6-13)16-11(17)8-3-4-9(14)10(15)7-8/h3-4,7H,2,5-6,15H2,1H3,(H,16,17). The van der Waals surface area contributed by atoms with Gasteiger partial charge in [-0.3, -0.25) is 4.79 Å². The summed E-state index contributed by atoms with van der Waals surface area (Å²) < 4.78 is 4.74. The lowest BCUT2D eigenvalue weighted by Crippen LogP contribution is -2.59. The second-order valence-electron chi connectivity index (χ2n) is 4.62. The van der Waals surface area contributed by atoms with Crippen LogP contribution in [0.2, 0.25) is 5.02 Å². The molecule has 6 heteroatoms. The minimum Gasteiger partial charge on any atom is -0.467 e. The molecule has 0 heterocycles. The zero-order valence-corrected chi connectivity index (χ0v) is 11.3. The molecule has 0 aliphatic heterocycles. The Morgan fingerprint density at radius 3 is 2.58 bits per heavy atom. The molecule has 2 rings (SSSR count). The van der Waals surface area contributed by atoms with Gasteiger partial charge in [0.2, 0.25) is 0 Å². The van der Waals surface area contributed by atoms with E-state index in [0.29, 0.717) is 29.1 Å². The van der Waals surface area contributed by atoms with Gasteiger partial charge in [-0.05, 0) is 37.5 Å². The summed E-state index contributed by atoms with van der Waals surface area (Å²) in [5.41, 5.74) is 5.46. The maximum atomic E-state index is 12.1. The number of nitrogens with one attached hydrogen (secondary N) is 1. The molecule has 0 unspecified atom stereocenters. The average Bonchev–Trinajstić information content (AvgIpc) is 2.35. The fraction of sp³-hybridized carbons (Fsp3) is 0.385. The van der Waals surface area contributed by atoms with Crippen molar-refractivity contribution in [3.63, 3.8) is 0 Å². The first-order chi connectivity index (χ1) is 8.98. The summed E-state index contributed by atoms with van der Waals surface area (Å²) in [6.07, 6.45) is 2.07. The Balaban J connectivity index is 2.16. The van der Waals surface area contributed by atoms with Gasteiger partial charge in [-0.15, -0.1) is 0 Å². The van der Waals surface area contributed by atoms with Crippen molar-refractivity contribution in [1.29, 1.82) is 0 Å². The molecule has 0 atom stereocenters.